The molecular formula is C13H20N2O3S. The van der Waals surface area contributed by atoms with Gasteiger partial charge in [0.1, 0.15) is 0 Å². The first-order valence-electron chi connectivity index (χ1n) is 6.51. The van der Waals surface area contributed by atoms with Crippen LogP contribution in [0.1, 0.15) is 24.8 Å². The molecule has 0 spiro atoms. The van der Waals surface area contributed by atoms with E-state index in [2.05, 4.69) is 0 Å². The van der Waals surface area contributed by atoms with Crippen LogP contribution >= 0.6 is 0 Å². The van der Waals surface area contributed by atoms with E-state index in [4.69, 9.17) is 5.73 Å². The molecule has 3 N–H and O–H groups in total. The molecule has 19 heavy (non-hydrogen) atoms. The SMILES string of the molecule is NCc1ccc(S(=O)(=O)N2CCCCC2CO)cc1. The number of nitrogens with zero attached hydrogens (tertiary/aromatic N) is 1. The Bertz CT molecular complexity index is 513. The average molecular weight is 284 g/mol. The molecule has 1 unspecified atom stereocenters. The molecule has 1 fully saturated rings. The first-order chi connectivity index (χ1) is 9.09. The first-order valence-corrected chi connectivity index (χ1v) is 7.95. The molecule has 5 nitrogen and oxygen atoms in total. The van der Waals surface area contributed by atoms with Gasteiger partial charge in [-0.25, -0.2) is 8.42 Å². The minimum atomic E-state index is -3.52. The highest BCUT2D eigenvalue weighted by Gasteiger charge is 2.32. The monoisotopic (exact) mass is 284 g/mol. The highest BCUT2D eigenvalue weighted by molar-refractivity contribution is 7.89. The largest absolute Gasteiger partial charge is 0.395 e. The lowest BCUT2D eigenvalue weighted by atomic mass is 10.1. The quantitative estimate of drug-likeness (QED) is 0.851. The van der Waals surface area contributed by atoms with Gasteiger partial charge in [0.25, 0.3) is 0 Å². The Labute approximate surface area is 114 Å². The van der Waals surface area contributed by atoms with E-state index >= 15 is 0 Å². The molecule has 0 amide bonds. The topological polar surface area (TPSA) is 83.6 Å². The summed E-state index contributed by atoms with van der Waals surface area (Å²) in [5.74, 6) is 0. The van der Waals surface area contributed by atoms with Crippen molar-refractivity contribution in [1.29, 1.82) is 0 Å². The zero-order valence-corrected chi connectivity index (χ0v) is 11.6. The molecule has 1 aliphatic heterocycles. The third kappa shape index (κ3) is 2.97. The Morgan fingerprint density at radius 1 is 1.26 bits per heavy atom. The van der Waals surface area contributed by atoms with Crippen LogP contribution in [0, 0.1) is 0 Å². The summed E-state index contributed by atoms with van der Waals surface area (Å²) in [6, 6.07) is 6.32. The van der Waals surface area contributed by atoms with Crippen LogP contribution in [0.3, 0.4) is 0 Å². The lowest BCUT2D eigenvalue weighted by molar-refractivity contribution is 0.155. The van der Waals surface area contributed by atoms with Gasteiger partial charge in [-0.15, -0.1) is 0 Å². The van der Waals surface area contributed by atoms with Gasteiger partial charge in [-0.1, -0.05) is 18.6 Å². The van der Waals surface area contributed by atoms with Crippen LogP contribution in [-0.2, 0) is 16.6 Å². The number of aliphatic hydroxyl groups excluding tert-OH is 1. The minimum Gasteiger partial charge on any atom is -0.395 e. The third-order valence-electron chi connectivity index (χ3n) is 3.55. The van der Waals surface area contributed by atoms with Crippen LogP contribution in [0.2, 0.25) is 0 Å². The fourth-order valence-corrected chi connectivity index (χ4v) is 4.09. The molecule has 0 aromatic heterocycles. The summed E-state index contributed by atoms with van der Waals surface area (Å²) in [5.41, 5.74) is 6.40. The molecule has 2 rings (SSSR count). The number of nitrogens with two attached hydrogens (primary N) is 1. The number of benzene rings is 1. The van der Waals surface area contributed by atoms with Crippen molar-refractivity contribution < 1.29 is 13.5 Å². The predicted octanol–water partition coefficient (Wildman–Crippen LogP) is 0.681. The maximum Gasteiger partial charge on any atom is 0.243 e. The van der Waals surface area contributed by atoms with E-state index in [0.717, 1.165) is 24.8 Å². The lowest BCUT2D eigenvalue weighted by Gasteiger charge is -2.33. The number of aliphatic hydroxyl groups is 1. The molecule has 0 saturated carbocycles. The van der Waals surface area contributed by atoms with Crippen molar-refractivity contribution in [1.82, 2.24) is 4.31 Å². The second-order valence-electron chi connectivity index (χ2n) is 4.80. The molecule has 1 saturated heterocycles. The summed E-state index contributed by atoms with van der Waals surface area (Å²) in [6.07, 6.45) is 2.52. The maximum absolute atomic E-state index is 12.5. The highest BCUT2D eigenvalue weighted by atomic mass is 32.2. The van der Waals surface area contributed by atoms with Crippen molar-refractivity contribution in [3.8, 4) is 0 Å². The highest BCUT2D eigenvalue weighted by Crippen LogP contribution is 2.25. The molecule has 6 heteroatoms. The van der Waals surface area contributed by atoms with E-state index in [1.807, 2.05) is 0 Å². The smallest absolute Gasteiger partial charge is 0.243 e. The molecule has 0 aliphatic carbocycles. The van der Waals surface area contributed by atoms with E-state index < -0.39 is 10.0 Å². The second-order valence-corrected chi connectivity index (χ2v) is 6.69. The van der Waals surface area contributed by atoms with Crippen LogP contribution in [0.5, 0.6) is 0 Å². The van der Waals surface area contributed by atoms with Gasteiger partial charge in [-0.05, 0) is 30.5 Å². The molecule has 1 atom stereocenters. The third-order valence-corrected chi connectivity index (χ3v) is 5.52. The van der Waals surface area contributed by atoms with Gasteiger partial charge in [-0.3, -0.25) is 0 Å². The second kappa shape index (κ2) is 6.00. The fourth-order valence-electron chi connectivity index (χ4n) is 2.41. The van der Waals surface area contributed by atoms with Crippen LogP contribution in [0.4, 0.5) is 0 Å². The Morgan fingerprint density at radius 2 is 1.95 bits per heavy atom. The van der Waals surface area contributed by atoms with Gasteiger partial charge in [-0.2, -0.15) is 4.31 Å². The number of hydrogen-bond donors (Lipinski definition) is 2. The molecule has 1 heterocycles. The summed E-state index contributed by atoms with van der Waals surface area (Å²) in [5, 5.41) is 9.33. The summed E-state index contributed by atoms with van der Waals surface area (Å²) < 4.78 is 26.5. The van der Waals surface area contributed by atoms with Gasteiger partial charge in [0.2, 0.25) is 10.0 Å². The van der Waals surface area contributed by atoms with Crippen molar-refractivity contribution in [2.45, 2.75) is 36.7 Å². The van der Waals surface area contributed by atoms with E-state index in [-0.39, 0.29) is 17.5 Å². The van der Waals surface area contributed by atoms with Crippen LogP contribution in [0.15, 0.2) is 29.2 Å². The number of piperidine rings is 1. The summed E-state index contributed by atoms with van der Waals surface area (Å²) in [7, 11) is -3.52. The van der Waals surface area contributed by atoms with Crippen molar-refractivity contribution >= 4 is 10.0 Å². The Morgan fingerprint density at radius 3 is 2.53 bits per heavy atom. The molecule has 1 aliphatic rings. The first kappa shape index (κ1) is 14.5. The normalized spacial score (nSPS) is 21.5. The van der Waals surface area contributed by atoms with Crippen molar-refractivity contribution in [2.24, 2.45) is 5.73 Å². The van der Waals surface area contributed by atoms with Crippen LogP contribution < -0.4 is 5.73 Å². The van der Waals surface area contributed by atoms with E-state index in [1.165, 1.54) is 4.31 Å². The molecule has 0 radical (unpaired) electrons. The zero-order valence-electron chi connectivity index (χ0n) is 10.8. The van der Waals surface area contributed by atoms with Crippen molar-refractivity contribution in [3.63, 3.8) is 0 Å². The number of rotatable bonds is 4. The molecule has 106 valence electrons. The van der Waals surface area contributed by atoms with Gasteiger partial charge in [0.05, 0.1) is 11.5 Å². The van der Waals surface area contributed by atoms with Crippen molar-refractivity contribution in [3.05, 3.63) is 29.8 Å². The Hall–Kier alpha value is -0.950. The number of hydrogen-bond acceptors (Lipinski definition) is 4. The molecule has 0 bridgehead atoms. The summed E-state index contributed by atoms with van der Waals surface area (Å²) in [6.45, 7) is 0.746. The van der Waals surface area contributed by atoms with Crippen molar-refractivity contribution in [2.75, 3.05) is 13.2 Å². The fraction of sp³-hybridized carbons (Fsp3) is 0.538. The molecule has 1 aromatic rings. The number of sulfonamides is 1. The lowest BCUT2D eigenvalue weighted by Crippen LogP contribution is -2.45. The maximum atomic E-state index is 12.5. The van der Waals surface area contributed by atoms with Crippen LogP contribution in [-0.4, -0.2) is 37.0 Å². The summed E-state index contributed by atoms with van der Waals surface area (Å²) >= 11 is 0. The van der Waals surface area contributed by atoms with E-state index in [9.17, 15) is 13.5 Å². The standard InChI is InChI=1S/C13H20N2O3S/c14-9-11-4-6-13(7-5-11)19(17,18)15-8-2-1-3-12(15)10-16/h4-7,12,16H,1-3,8-10,14H2. The Balaban J connectivity index is 2.29. The minimum absolute atomic E-state index is 0.125. The van der Waals surface area contributed by atoms with Gasteiger partial charge < -0.3 is 10.8 Å². The van der Waals surface area contributed by atoms with Gasteiger partial charge >= 0.3 is 0 Å². The predicted molar refractivity (Wildman–Crippen MR) is 73.0 cm³/mol. The van der Waals surface area contributed by atoms with Gasteiger partial charge in [0.15, 0.2) is 0 Å². The van der Waals surface area contributed by atoms with Crippen LogP contribution in [0.25, 0.3) is 0 Å². The summed E-state index contributed by atoms with van der Waals surface area (Å²) in [4.78, 5) is 0.269. The molecule has 1 aromatic carbocycles. The van der Waals surface area contributed by atoms with E-state index in [1.54, 1.807) is 24.3 Å². The average Bonchev–Trinajstić information content (AvgIpc) is 2.47. The van der Waals surface area contributed by atoms with Gasteiger partial charge in [0, 0.05) is 19.1 Å². The zero-order chi connectivity index (χ0) is 13.9. The Kier molecular flexibility index (Phi) is 4.57. The molecular weight excluding hydrogens is 264 g/mol. The van der Waals surface area contributed by atoms with E-state index in [0.29, 0.717) is 13.1 Å².